The maximum atomic E-state index is 12.8. The Labute approximate surface area is 384 Å². The molecule has 63 heavy (non-hydrogen) atoms. The molecule has 0 radical (unpaired) electrons. The number of aromatic nitrogens is 5. The highest BCUT2D eigenvalue weighted by Gasteiger charge is 2.36. The van der Waals surface area contributed by atoms with Crippen LogP contribution in [0.1, 0.15) is 162 Å². The average Bonchev–Trinajstić information content (AvgIpc) is 4.01. The van der Waals surface area contributed by atoms with Crippen molar-refractivity contribution >= 4 is 49.2 Å². The first kappa shape index (κ1) is 51.1. The van der Waals surface area contributed by atoms with Crippen LogP contribution in [-0.2, 0) is 21.3 Å². The maximum Gasteiger partial charge on any atom is 0.314 e. The predicted octanol–water partition coefficient (Wildman–Crippen LogP) is 14.0. The lowest BCUT2D eigenvalue weighted by molar-refractivity contribution is -0.139. The Morgan fingerprint density at radius 1 is 0.730 bits per heavy atom. The smallest absolute Gasteiger partial charge is 0.314 e. The highest BCUT2D eigenvalue weighted by Crippen LogP contribution is 2.45. The Hall–Kier alpha value is -4.49. The van der Waals surface area contributed by atoms with Crippen LogP contribution in [0.15, 0.2) is 114 Å². The molecule has 0 aliphatic carbocycles. The zero-order valence-electron chi connectivity index (χ0n) is 37.0. The van der Waals surface area contributed by atoms with Gasteiger partial charge in [-0.05, 0) is 78.6 Å². The van der Waals surface area contributed by atoms with Crippen LogP contribution in [0.2, 0.25) is 5.02 Å². The molecule has 0 spiro atoms. The molecule has 2 heterocycles. The van der Waals surface area contributed by atoms with Crippen molar-refractivity contribution in [3.8, 4) is 0 Å². The van der Waals surface area contributed by atoms with Crippen molar-refractivity contribution < 1.29 is 22.9 Å². The zero-order chi connectivity index (χ0) is 45.1. The summed E-state index contributed by atoms with van der Waals surface area (Å²) in [6.07, 6.45) is 23.2. The molecule has 0 aliphatic rings. The lowest BCUT2D eigenvalue weighted by atomic mass is 9.76. The normalized spacial score (nSPS) is 12.7. The van der Waals surface area contributed by atoms with E-state index in [9.17, 15) is 18.3 Å². The van der Waals surface area contributed by atoms with Crippen LogP contribution in [-0.4, -0.2) is 49.7 Å². The highest BCUT2D eigenvalue weighted by molar-refractivity contribution is 7.85. The van der Waals surface area contributed by atoms with E-state index in [0.29, 0.717) is 11.4 Å². The second kappa shape index (κ2) is 29.1. The average molecular weight is 917 g/mol. The number of thiazole rings is 1. The molecule has 3 N–H and O–H groups in total. The molecule has 0 fully saturated rings. The summed E-state index contributed by atoms with van der Waals surface area (Å²) in [5.74, 6) is -1.61. The van der Waals surface area contributed by atoms with Crippen molar-refractivity contribution in [2.75, 3.05) is 0 Å². The van der Waals surface area contributed by atoms with E-state index < -0.39 is 22.0 Å². The van der Waals surface area contributed by atoms with Crippen LogP contribution in [0, 0.1) is 0 Å². The summed E-state index contributed by atoms with van der Waals surface area (Å²) in [4.78, 5) is 17.6. The van der Waals surface area contributed by atoms with Crippen LogP contribution in [0.5, 0.6) is 0 Å². The molecule has 340 valence electrons. The van der Waals surface area contributed by atoms with Gasteiger partial charge < -0.3 is 5.11 Å². The van der Waals surface area contributed by atoms with Crippen molar-refractivity contribution in [2.45, 2.75) is 152 Å². The summed E-state index contributed by atoms with van der Waals surface area (Å²) in [6.45, 7) is 4.47. The quantitative estimate of drug-likeness (QED) is 0.0375. The van der Waals surface area contributed by atoms with E-state index in [0.717, 1.165) is 57.6 Å². The lowest BCUT2D eigenvalue weighted by Crippen LogP contribution is -2.22. The number of aromatic amines is 1. The molecule has 0 amide bonds. The Balaban J connectivity index is 0.000000273. The summed E-state index contributed by atoms with van der Waals surface area (Å²) in [5.41, 5.74) is 4.14. The van der Waals surface area contributed by atoms with Gasteiger partial charge in [0.15, 0.2) is 6.33 Å². The molecule has 0 saturated carbocycles. The third-order valence-corrected chi connectivity index (χ3v) is 13.7. The summed E-state index contributed by atoms with van der Waals surface area (Å²) in [6, 6.07) is 32.5. The van der Waals surface area contributed by atoms with Gasteiger partial charge in [0.2, 0.25) is 0 Å². The van der Waals surface area contributed by atoms with Gasteiger partial charge in [-0.25, -0.2) is 4.98 Å². The van der Waals surface area contributed by atoms with Gasteiger partial charge in [-0.15, -0.1) is 21.5 Å². The molecule has 0 aliphatic heterocycles. The molecule has 0 saturated heterocycles. The van der Waals surface area contributed by atoms with Crippen molar-refractivity contribution in [2.24, 2.45) is 0 Å². The van der Waals surface area contributed by atoms with Gasteiger partial charge in [-0.1, -0.05) is 193 Å². The van der Waals surface area contributed by atoms with E-state index >= 15 is 0 Å². The fourth-order valence-electron chi connectivity index (χ4n) is 7.92. The molecule has 6 aromatic rings. The molecule has 6 rings (SSSR count). The van der Waals surface area contributed by atoms with Crippen molar-refractivity contribution in [1.29, 1.82) is 0 Å². The lowest BCUT2D eigenvalue weighted by Gasteiger charge is -2.28. The minimum atomic E-state index is -4.06. The number of nitrogens with zero attached hydrogens (tertiary/aromatic N) is 4. The first-order chi connectivity index (χ1) is 30.6. The summed E-state index contributed by atoms with van der Waals surface area (Å²) >= 11 is 8.19. The summed E-state index contributed by atoms with van der Waals surface area (Å²) in [7, 11) is -4.06. The van der Waals surface area contributed by atoms with E-state index in [4.69, 9.17) is 21.1 Å². The molecule has 2 aromatic heterocycles. The number of carboxylic acids is 1. The molecule has 4 aromatic carbocycles. The number of tetrazole rings is 1. The number of para-hydroxylation sites is 1. The predicted molar refractivity (Wildman–Crippen MR) is 257 cm³/mol. The molecule has 10 nitrogen and oxygen atoms in total. The molecule has 13 heteroatoms. The minimum absolute atomic E-state index is 0.0284. The Morgan fingerprint density at radius 2 is 1.32 bits per heavy atom. The van der Waals surface area contributed by atoms with Gasteiger partial charge in [-0.2, -0.15) is 13.6 Å². The molecule has 3 atom stereocenters. The maximum absolute atomic E-state index is 12.8. The summed E-state index contributed by atoms with van der Waals surface area (Å²) in [5, 5.41) is 24.1. The zero-order valence-corrected chi connectivity index (χ0v) is 39.3. The largest absolute Gasteiger partial charge is 0.481 e. The summed E-state index contributed by atoms with van der Waals surface area (Å²) < 4.78 is 31.8. The van der Waals surface area contributed by atoms with Gasteiger partial charge in [-0.3, -0.25) is 9.35 Å². The highest BCUT2D eigenvalue weighted by atomic mass is 35.5. The molecule has 3 unspecified atom stereocenters. The second-order valence-corrected chi connectivity index (χ2v) is 19.0. The van der Waals surface area contributed by atoms with Crippen LogP contribution in [0.3, 0.4) is 0 Å². The number of benzene rings is 4. The van der Waals surface area contributed by atoms with E-state index in [2.05, 4.69) is 52.7 Å². The number of rotatable bonds is 25. The van der Waals surface area contributed by atoms with Crippen LogP contribution < -0.4 is 0 Å². The Bertz CT molecular complexity index is 2190. The number of nitrogens with one attached hydrogen (secondary N) is 1. The van der Waals surface area contributed by atoms with E-state index in [-0.39, 0.29) is 16.7 Å². The van der Waals surface area contributed by atoms with Gasteiger partial charge in [0.1, 0.15) is 10.9 Å². The standard InChI is InChI=1S/C31H34ClNO2S.C18H30O3S.CH2N4/c1-2-3-4-5-7-16-23(24-17-10-11-18-26(24)32)21-25(22-14-8-6-9-15-22)29(31(34)35)30-33-27-19-12-13-20-28(27)36-30;1-2-3-4-5-6-7-8-9-10-11-12-17-13-15-18(16-14-17)22(19,20)21;1-2-4-5-3-1/h6,8-15,17-20,23,25,29H,2-5,7,16,21H2,1H3,(H,34,35);13-16H,2-12H2,1H3,(H,19,20,21);1H,(H,2,3,4,5). The van der Waals surface area contributed by atoms with Gasteiger partial charge in [0.05, 0.1) is 15.1 Å². The molecular weight excluding hydrogens is 850 g/mol. The fourth-order valence-corrected chi connectivity index (χ4v) is 9.82. The Kier molecular flexibility index (Phi) is 23.6. The minimum Gasteiger partial charge on any atom is -0.481 e. The van der Waals surface area contributed by atoms with E-state index in [1.165, 1.54) is 113 Å². The number of H-pyrrole nitrogens is 1. The fraction of sp³-hybridized carbons (Fsp3) is 0.460. The number of fused-ring (bicyclic) bond motifs is 1. The molecule has 0 bridgehead atoms. The third-order valence-electron chi connectivity index (χ3n) is 11.3. The van der Waals surface area contributed by atoms with Crippen LogP contribution >= 0.6 is 22.9 Å². The SMILES string of the molecule is CCCCCCCC(CC(c1ccccc1)C(C(=O)O)c1nc2ccccc2s1)c1ccccc1Cl.CCCCCCCCCCCCc1ccc(S(=O)(=O)O)cc1.c1nn[nH]n1. The monoisotopic (exact) mass is 915 g/mol. The van der Waals surface area contributed by atoms with Crippen molar-refractivity contribution in [3.05, 3.63) is 136 Å². The van der Waals surface area contributed by atoms with Gasteiger partial charge >= 0.3 is 5.97 Å². The van der Waals surface area contributed by atoms with Crippen LogP contribution in [0.25, 0.3) is 10.2 Å². The number of hydrogen-bond donors (Lipinski definition) is 3. The number of aliphatic carboxylic acids is 1. The number of carboxylic acid groups (broad SMARTS) is 1. The van der Waals surface area contributed by atoms with E-state index in [1.807, 2.05) is 60.7 Å². The number of hydrogen-bond acceptors (Lipinski definition) is 8. The third kappa shape index (κ3) is 18.6. The van der Waals surface area contributed by atoms with Crippen molar-refractivity contribution in [1.82, 2.24) is 25.6 Å². The number of unbranched alkanes of at least 4 members (excludes halogenated alkanes) is 13. The van der Waals surface area contributed by atoms with Crippen LogP contribution in [0.4, 0.5) is 0 Å². The van der Waals surface area contributed by atoms with Gasteiger partial charge in [0.25, 0.3) is 10.1 Å². The van der Waals surface area contributed by atoms with Gasteiger partial charge in [0, 0.05) is 10.9 Å². The topological polar surface area (TPSA) is 159 Å². The second-order valence-electron chi connectivity index (χ2n) is 16.1. The van der Waals surface area contributed by atoms with E-state index in [1.54, 1.807) is 12.1 Å². The first-order valence-corrected chi connectivity index (χ1v) is 25.4. The Morgan fingerprint density at radius 3 is 1.87 bits per heavy atom. The first-order valence-electron chi connectivity index (χ1n) is 22.7. The number of aryl methyl sites for hydroxylation is 1. The molecular formula is C50H66ClN5O5S2. The van der Waals surface area contributed by atoms with Crippen molar-refractivity contribution in [3.63, 3.8) is 0 Å². The number of carbonyl (C=O) groups is 1. The number of halogens is 1.